The number of hydrogen-bond acceptors (Lipinski definition) is 4. The van der Waals surface area contributed by atoms with E-state index in [9.17, 15) is 9.59 Å². The van der Waals surface area contributed by atoms with Crippen molar-refractivity contribution >= 4 is 11.9 Å². The fraction of sp³-hybridized carbons (Fsp3) is 0.684. The smallest absolute Gasteiger partial charge is 0.310 e. The number of allylic oxidation sites excluding steroid dienone is 4. The minimum absolute atomic E-state index is 0.0758. The van der Waals surface area contributed by atoms with Crippen molar-refractivity contribution in [2.75, 3.05) is 14.2 Å². The molecule has 4 bridgehead atoms. The van der Waals surface area contributed by atoms with Gasteiger partial charge in [-0.15, -0.1) is 0 Å². The van der Waals surface area contributed by atoms with Gasteiger partial charge >= 0.3 is 11.9 Å². The highest BCUT2D eigenvalue weighted by molar-refractivity contribution is 5.87. The number of esters is 2. The largest absolute Gasteiger partial charge is 0.469 e. The van der Waals surface area contributed by atoms with E-state index in [1.165, 1.54) is 55.8 Å². The number of hydrogen-bond donors (Lipinski definition) is 0. The zero-order valence-electron chi connectivity index (χ0n) is 14.2. The van der Waals surface area contributed by atoms with Crippen molar-refractivity contribution in [3.8, 4) is 0 Å². The minimum atomic E-state index is -0.402. The number of fused-ring (bicyclic) bond motifs is 8. The fourth-order valence-electron chi connectivity index (χ4n) is 6.06. The Balaban J connectivity index is 1.90. The maximum Gasteiger partial charge on any atom is 0.310 e. The lowest BCUT2D eigenvalue weighted by Crippen LogP contribution is -2.38. The molecule has 2 fully saturated rings. The van der Waals surface area contributed by atoms with Crippen LogP contribution in [0.4, 0.5) is 0 Å². The summed E-state index contributed by atoms with van der Waals surface area (Å²) in [4.78, 5) is 25.0. The topological polar surface area (TPSA) is 52.6 Å². The van der Waals surface area contributed by atoms with Gasteiger partial charge in [0.05, 0.1) is 26.1 Å². The van der Waals surface area contributed by atoms with Gasteiger partial charge in [-0.25, -0.2) is 0 Å². The molecule has 0 unspecified atom stereocenters. The molecular formula is C19H24O4. The average Bonchev–Trinajstić information content (AvgIpc) is 3.27. The summed E-state index contributed by atoms with van der Waals surface area (Å²) >= 11 is 0. The maximum absolute atomic E-state index is 12.5. The van der Waals surface area contributed by atoms with Crippen molar-refractivity contribution in [1.29, 1.82) is 0 Å². The molecule has 4 aliphatic carbocycles. The lowest BCUT2D eigenvalue weighted by Gasteiger charge is -2.32. The molecule has 4 heteroatoms. The molecule has 4 aliphatic rings. The molecule has 0 N–H and O–H groups in total. The summed E-state index contributed by atoms with van der Waals surface area (Å²) in [7, 11) is 2.84. The van der Waals surface area contributed by atoms with Crippen LogP contribution in [0.15, 0.2) is 22.3 Å². The maximum atomic E-state index is 12.5. The third-order valence-corrected chi connectivity index (χ3v) is 6.62. The van der Waals surface area contributed by atoms with Crippen molar-refractivity contribution in [1.82, 2.24) is 0 Å². The molecule has 0 aromatic rings. The van der Waals surface area contributed by atoms with E-state index in [0.717, 1.165) is 0 Å². The third-order valence-electron chi connectivity index (χ3n) is 6.62. The van der Waals surface area contributed by atoms with Crippen LogP contribution in [0.25, 0.3) is 0 Å². The standard InChI is InChI=1S/C19H24O4/c1-8(2)11-14-12-9-5-6-10(7-9)13(12)15(11)17(19(21)23-4)16(14)18(20)22-3/h9-10,14-17H,5-7H2,1-4H3/t9-,10-,14+,15+,16-,17+/m0/s1. The second-order valence-corrected chi connectivity index (χ2v) is 7.63. The Labute approximate surface area is 136 Å². The van der Waals surface area contributed by atoms with Gasteiger partial charge in [-0.1, -0.05) is 22.3 Å². The van der Waals surface area contributed by atoms with Crippen LogP contribution in [0.3, 0.4) is 0 Å². The number of rotatable bonds is 2. The molecule has 0 saturated heterocycles. The Morgan fingerprint density at radius 3 is 1.65 bits per heavy atom. The summed E-state index contributed by atoms with van der Waals surface area (Å²) in [6, 6.07) is 0. The van der Waals surface area contributed by atoms with Gasteiger partial charge in [-0.2, -0.15) is 0 Å². The lowest BCUT2D eigenvalue weighted by molar-refractivity contribution is -0.158. The van der Waals surface area contributed by atoms with E-state index >= 15 is 0 Å². The van der Waals surface area contributed by atoms with Gasteiger partial charge in [0, 0.05) is 11.8 Å². The summed E-state index contributed by atoms with van der Waals surface area (Å²) < 4.78 is 10.2. The van der Waals surface area contributed by atoms with Crippen molar-refractivity contribution < 1.29 is 19.1 Å². The van der Waals surface area contributed by atoms with Crippen molar-refractivity contribution in [2.45, 2.75) is 33.1 Å². The van der Waals surface area contributed by atoms with Crippen LogP contribution in [-0.2, 0) is 19.1 Å². The van der Waals surface area contributed by atoms with Crippen LogP contribution < -0.4 is 0 Å². The summed E-state index contributed by atoms with van der Waals surface area (Å²) in [5.41, 5.74) is 5.52. The van der Waals surface area contributed by atoms with E-state index in [2.05, 4.69) is 13.8 Å². The molecule has 0 radical (unpaired) electrons. The first-order chi connectivity index (χ1) is 11.0. The normalized spacial score (nSPS) is 39.7. The quantitative estimate of drug-likeness (QED) is 0.446. The Morgan fingerprint density at radius 2 is 1.30 bits per heavy atom. The monoisotopic (exact) mass is 316 g/mol. The molecule has 4 rings (SSSR count). The van der Waals surface area contributed by atoms with E-state index in [0.29, 0.717) is 11.8 Å². The Bertz CT molecular complexity index is 604. The van der Waals surface area contributed by atoms with Gasteiger partial charge in [0.15, 0.2) is 0 Å². The first-order valence-electron chi connectivity index (χ1n) is 8.58. The van der Waals surface area contributed by atoms with Gasteiger partial charge in [0.25, 0.3) is 0 Å². The summed E-state index contributed by atoms with van der Waals surface area (Å²) in [6.07, 6.45) is 3.69. The van der Waals surface area contributed by atoms with E-state index < -0.39 is 11.8 Å². The van der Waals surface area contributed by atoms with E-state index in [-0.39, 0.29) is 23.8 Å². The van der Waals surface area contributed by atoms with Crippen molar-refractivity contribution in [3.05, 3.63) is 22.3 Å². The van der Waals surface area contributed by atoms with E-state index in [4.69, 9.17) is 9.47 Å². The zero-order valence-corrected chi connectivity index (χ0v) is 14.2. The van der Waals surface area contributed by atoms with Crippen LogP contribution in [0.2, 0.25) is 0 Å². The number of carbonyl (C=O) groups excluding carboxylic acids is 2. The van der Waals surface area contributed by atoms with Gasteiger partial charge in [0.2, 0.25) is 0 Å². The van der Waals surface area contributed by atoms with Gasteiger partial charge in [-0.3, -0.25) is 9.59 Å². The molecule has 0 amide bonds. The molecule has 0 aliphatic heterocycles. The Kier molecular flexibility index (Phi) is 3.23. The highest BCUT2D eigenvalue weighted by Crippen LogP contribution is 2.69. The number of ether oxygens (including phenoxy) is 2. The van der Waals surface area contributed by atoms with E-state index in [1.54, 1.807) is 0 Å². The molecule has 23 heavy (non-hydrogen) atoms. The highest BCUT2D eigenvalue weighted by Gasteiger charge is 2.65. The lowest BCUT2D eigenvalue weighted by atomic mass is 9.71. The predicted molar refractivity (Wildman–Crippen MR) is 84.2 cm³/mol. The fourth-order valence-corrected chi connectivity index (χ4v) is 6.06. The molecule has 4 nitrogen and oxygen atoms in total. The van der Waals surface area contributed by atoms with Crippen LogP contribution in [-0.4, -0.2) is 26.2 Å². The van der Waals surface area contributed by atoms with Gasteiger partial charge in [0.1, 0.15) is 0 Å². The summed E-state index contributed by atoms with van der Waals surface area (Å²) in [5, 5.41) is 0. The summed E-state index contributed by atoms with van der Waals surface area (Å²) in [6.45, 7) is 4.21. The van der Waals surface area contributed by atoms with Gasteiger partial charge < -0.3 is 9.47 Å². The zero-order chi connectivity index (χ0) is 16.5. The van der Waals surface area contributed by atoms with Crippen molar-refractivity contribution in [3.63, 3.8) is 0 Å². The predicted octanol–water partition coefficient (Wildman–Crippen LogP) is 2.89. The van der Waals surface area contributed by atoms with Gasteiger partial charge in [-0.05, 0) is 44.9 Å². The molecule has 0 aromatic carbocycles. The summed E-state index contributed by atoms with van der Waals surface area (Å²) in [5.74, 6) is 0.0525. The average molecular weight is 316 g/mol. The minimum Gasteiger partial charge on any atom is -0.469 e. The first kappa shape index (κ1) is 15.0. The second kappa shape index (κ2) is 4.96. The first-order valence-corrected chi connectivity index (χ1v) is 8.58. The molecule has 0 spiro atoms. The molecule has 0 aromatic heterocycles. The van der Waals surface area contributed by atoms with E-state index in [1.807, 2.05) is 0 Å². The Morgan fingerprint density at radius 1 is 0.870 bits per heavy atom. The SMILES string of the molecule is COC(=O)[C@@H]1[C@H]2C3=C([C@H]4CC[C@H]3C4)[C@@H](C2=C(C)C)[C@@H]1C(=O)OC. The van der Waals surface area contributed by atoms with Crippen LogP contribution >= 0.6 is 0 Å². The molecule has 2 saturated carbocycles. The number of carbonyl (C=O) groups is 2. The second-order valence-electron chi connectivity index (χ2n) is 7.63. The van der Waals surface area contributed by atoms with Crippen molar-refractivity contribution in [2.24, 2.45) is 35.5 Å². The molecule has 0 heterocycles. The third kappa shape index (κ3) is 1.72. The highest BCUT2D eigenvalue weighted by atomic mass is 16.5. The Hall–Kier alpha value is -1.58. The van der Waals surface area contributed by atoms with Crippen LogP contribution in [0.1, 0.15) is 33.1 Å². The molecule has 6 atom stereocenters. The van der Waals surface area contributed by atoms with Crippen LogP contribution in [0.5, 0.6) is 0 Å². The molecular weight excluding hydrogens is 292 g/mol. The number of methoxy groups -OCH3 is 2. The molecule has 124 valence electrons. The van der Waals surface area contributed by atoms with Crippen LogP contribution in [0, 0.1) is 35.5 Å².